The smallest absolute Gasteiger partial charge is 0.203 e. The van der Waals surface area contributed by atoms with E-state index in [9.17, 15) is 0 Å². The van der Waals surface area contributed by atoms with Crippen LogP contribution in [0.25, 0.3) is 0 Å². The number of hydrogen-bond donors (Lipinski definition) is 3. The Balaban J connectivity index is 1.26. The van der Waals surface area contributed by atoms with Gasteiger partial charge in [-0.3, -0.25) is 4.99 Å². The summed E-state index contributed by atoms with van der Waals surface area (Å²) in [5.41, 5.74) is 0. The highest BCUT2D eigenvalue weighted by Gasteiger charge is 2.16. The van der Waals surface area contributed by atoms with Crippen LogP contribution in [0.3, 0.4) is 0 Å². The molecule has 24 heavy (non-hydrogen) atoms. The summed E-state index contributed by atoms with van der Waals surface area (Å²) in [5, 5.41) is 9.94. The van der Waals surface area contributed by atoms with Gasteiger partial charge in [-0.15, -0.1) is 0 Å². The van der Waals surface area contributed by atoms with Crippen LogP contribution < -0.4 is 30.2 Å². The van der Waals surface area contributed by atoms with Crippen molar-refractivity contribution in [1.29, 1.82) is 0 Å². The molecule has 0 aliphatic carbocycles. The second kappa shape index (κ2) is 9.22. The van der Waals surface area contributed by atoms with Gasteiger partial charge < -0.3 is 30.2 Å². The predicted molar refractivity (Wildman–Crippen MR) is 93.3 cm³/mol. The van der Waals surface area contributed by atoms with Crippen LogP contribution in [0.4, 0.5) is 0 Å². The molecule has 7 heteroatoms. The lowest BCUT2D eigenvalue weighted by Crippen LogP contribution is -2.41. The molecule has 2 aliphatic heterocycles. The first kappa shape index (κ1) is 16.7. The van der Waals surface area contributed by atoms with Crippen LogP contribution in [0.15, 0.2) is 23.2 Å². The summed E-state index contributed by atoms with van der Waals surface area (Å²) in [6, 6.07) is 5.73. The van der Waals surface area contributed by atoms with Gasteiger partial charge in [-0.2, -0.15) is 0 Å². The molecule has 3 rings (SSSR count). The topological polar surface area (TPSA) is 76.1 Å². The lowest BCUT2D eigenvalue weighted by Gasteiger charge is -2.20. The Morgan fingerprint density at radius 2 is 2.12 bits per heavy atom. The van der Waals surface area contributed by atoms with Crippen LogP contribution in [0.2, 0.25) is 0 Å². The van der Waals surface area contributed by atoms with Gasteiger partial charge in [-0.05, 0) is 31.5 Å². The second-order valence-corrected chi connectivity index (χ2v) is 5.67. The van der Waals surface area contributed by atoms with Gasteiger partial charge in [0.25, 0.3) is 0 Å². The van der Waals surface area contributed by atoms with Crippen molar-refractivity contribution in [3.05, 3.63) is 18.2 Å². The molecule has 0 spiro atoms. The number of nitrogens with one attached hydrogen (secondary N) is 3. The molecule has 0 atom stereocenters. The maximum atomic E-state index is 5.79. The van der Waals surface area contributed by atoms with E-state index in [0.717, 1.165) is 63.0 Å². The number of rotatable bonds is 8. The fraction of sp³-hybridized carbons (Fsp3) is 0.588. The number of guanidine groups is 1. The molecule has 0 amide bonds. The fourth-order valence-electron chi connectivity index (χ4n) is 2.59. The van der Waals surface area contributed by atoms with Crippen molar-refractivity contribution in [2.24, 2.45) is 4.99 Å². The predicted octanol–water partition coefficient (Wildman–Crippen LogP) is 0.755. The molecule has 0 aromatic heterocycles. The minimum absolute atomic E-state index is 0.568. The van der Waals surface area contributed by atoms with Crippen LogP contribution in [0.5, 0.6) is 17.2 Å². The van der Waals surface area contributed by atoms with Crippen molar-refractivity contribution in [2.75, 3.05) is 52.5 Å². The van der Waals surface area contributed by atoms with E-state index in [1.807, 2.05) is 18.2 Å². The van der Waals surface area contributed by atoms with Crippen molar-refractivity contribution in [2.45, 2.75) is 12.8 Å². The molecule has 0 unspecified atom stereocenters. The summed E-state index contributed by atoms with van der Waals surface area (Å²) in [5.74, 6) is 3.16. The molecule has 0 radical (unpaired) electrons. The lowest BCUT2D eigenvalue weighted by molar-refractivity contribution is 0.162. The summed E-state index contributed by atoms with van der Waals surface area (Å²) in [6.07, 6.45) is 2.16. The molecule has 0 fully saturated rings. The highest BCUT2D eigenvalue weighted by molar-refractivity contribution is 5.80. The third-order valence-electron chi connectivity index (χ3n) is 3.79. The van der Waals surface area contributed by atoms with Gasteiger partial charge in [-0.25, -0.2) is 0 Å². The zero-order chi connectivity index (χ0) is 16.5. The maximum Gasteiger partial charge on any atom is 0.203 e. The summed E-state index contributed by atoms with van der Waals surface area (Å²) in [7, 11) is 0. The number of para-hydroxylation sites is 1. The number of aliphatic imine (C=N–C) groups is 1. The molecule has 1 aromatic carbocycles. The summed E-state index contributed by atoms with van der Waals surface area (Å²) < 4.78 is 17.0. The van der Waals surface area contributed by atoms with Crippen molar-refractivity contribution >= 4 is 5.96 Å². The van der Waals surface area contributed by atoms with Gasteiger partial charge in [-0.1, -0.05) is 6.07 Å². The minimum atomic E-state index is 0.568. The largest absolute Gasteiger partial charge is 0.488 e. The Kier molecular flexibility index (Phi) is 6.42. The van der Waals surface area contributed by atoms with E-state index >= 15 is 0 Å². The average molecular weight is 334 g/mol. The molecular weight excluding hydrogens is 308 g/mol. The van der Waals surface area contributed by atoms with Crippen LogP contribution in [0, 0.1) is 0 Å². The van der Waals surface area contributed by atoms with Gasteiger partial charge in [0, 0.05) is 26.2 Å². The standard InChI is InChI=1S/C17H26N4O3/c1-4-14(16-15(5-1)23-12-13-24-16)22-11-10-18-6-2-7-19-17-20-8-3-9-21-17/h1,4-5,18H,2-3,6-13H2,(H2,19,20,21). The van der Waals surface area contributed by atoms with Crippen LogP contribution in [0.1, 0.15) is 12.8 Å². The quantitative estimate of drug-likeness (QED) is 0.609. The number of fused-ring (bicyclic) bond motifs is 1. The first-order chi connectivity index (χ1) is 11.9. The zero-order valence-corrected chi connectivity index (χ0v) is 14.0. The van der Waals surface area contributed by atoms with E-state index in [1.54, 1.807) is 0 Å². The highest BCUT2D eigenvalue weighted by atomic mass is 16.6. The maximum absolute atomic E-state index is 5.79. The van der Waals surface area contributed by atoms with Crippen molar-refractivity contribution in [3.8, 4) is 17.2 Å². The van der Waals surface area contributed by atoms with Crippen molar-refractivity contribution < 1.29 is 14.2 Å². The molecule has 7 nitrogen and oxygen atoms in total. The first-order valence-corrected chi connectivity index (χ1v) is 8.68. The Bertz CT molecular complexity index is 551. The third-order valence-corrected chi connectivity index (χ3v) is 3.79. The Hall–Kier alpha value is -2.15. The number of ether oxygens (including phenoxy) is 3. The van der Waals surface area contributed by atoms with E-state index in [1.165, 1.54) is 0 Å². The Morgan fingerprint density at radius 1 is 1.17 bits per heavy atom. The molecule has 0 saturated carbocycles. The molecule has 2 aliphatic rings. The second-order valence-electron chi connectivity index (χ2n) is 5.67. The van der Waals surface area contributed by atoms with Gasteiger partial charge in [0.2, 0.25) is 5.75 Å². The average Bonchev–Trinajstić information content (AvgIpc) is 2.65. The fourth-order valence-corrected chi connectivity index (χ4v) is 2.59. The number of benzene rings is 1. The van der Waals surface area contributed by atoms with E-state index < -0.39 is 0 Å². The lowest BCUT2D eigenvalue weighted by atomic mass is 10.3. The van der Waals surface area contributed by atoms with Crippen LogP contribution in [-0.4, -0.2) is 58.5 Å². The summed E-state index contributed by atoms with van der Waals surface area (Å²) in [4.78, 5) is 4.38. The monoisotopic (exact) mass is 334 g/mol. The van der Waals surface area contributed by atoms with E-state index in [0.29, 0.717) is 25.6 Å². The van der Waals surface area contributed by atoms with E-state index in [4.69, 9.17) is 14.2 Å². The SMILES string of the molecule is c1cc(OCCNCCCNC2=NCCCN2)c2c(c1)OCCO2. The molecule has 132 valence electrons. The number of nitrogens with zero attached hydrogens (tertiary/aromatic N) is 1. The molecule has 0 bridgehead atoms. The highest BCUT2D eigenvalue weighted by Crippen LogP contribution is 2.38. The zero-order valence-electron chi connectivity index (χ0n) is 14.0. The van der Waals surface area contributed by atoms with E-state index in [-0.39, 0.29) is 0 Å². The Morgan fingerprint density at radius 3 is 3.04 bits per heavy atom. The minimum Gasteiger partial charge on any atom is -0.488 e. The molecule has 0 saturated heterocycles. The molecule has 2 heterocycles. The van der Waals surface area contributed by atoms with Crippen LogP contribution >= 0.6 is 0 Å². The molecular formula is C17H26N4O3. The third kappa shape index (κ3) is 4.92. The van der Waals surface area contributed by atoms with E-state index in [2.05, 4.69) is 20.9 Å². The number of hydrogen-bond acceptors (Lipinski definition) is 7. The molecule has 1 aromatic rings. The van der Waals surface area contributed by atoms with Crippen molar-refractivity contribution in [1.82, 2.24) is 16.0 Å². The summed E-state index contributed by atoms with van der Waals surface area (Å²) in [6.45, 7) is 6.34. The van der Waals surface area contributed by atoms with Crippen molar-refractivity contribution in [3.63, 3.8) is 0 Å². The first-order valence-electron chi connectivity index (χ1n) is 8.68. The van der Waals surface area contributed by atoms with Gasteiger partial charge in [0.15, 0.2) is 17.5 Å². The Labute approximate surface area is 142 Å². The molecule has 3 N–H and O–H groups in total. The normalized spacial score (nSPS) is 16.1. The van der Waals surface area contributed by atoms with Crippen LogP contribution in [-0.2, 0) is 0 Å². The van der Waals surface area contributed by atoms with Gasteiger partial charge >= 0.3 is 0 Å². The summed E-state index contributed by atoms with van der Waals surface area (Å²) >= 11 is 0. The van der Waals surface area contributed by atoms with Gasteiger partial charge in [0.1, 0.15) is 19.8 Å². The van der Waals surface area contributed by atoms with Gasteiger partial charge in [0.05, 0.1) is 0 Å².